The van der Waals surface area contributed by atoms with Crippen molar-refractivity contribution in [3.63, 3.8) is 0 Å². The van der Waals surface area contributed by atoms with E-state index in [1.807, 2.05) is 12.1 Å². The number of halogens is 1. The van der Waals surface area contributed by atoms with E-state index in [1.165, 1.54) is 6.42 Å². The van der Waals surface area contributed by atoms with Crippen LogP contribution in [0.1, 0.15) is 41.6 Å². The van der Waals surface area contributed by atoms with Gasteiger partial charge in [-0.1, -0.05) is 25.0 Å². The van der Waals surface area contributed by atoms with Crippen LogP contribution in [-0.4, -0.2) is 37.4 Å². The highest BCUT2D eigenvalue weighted by atomic mass is 35.5. The number of hydrogen-bond donors (Lipinski definition) is 4. The Labute approximate surface area is 165 Å². The van der Waals surface area contributed by atoms with Crippen molar-refractivity contribution in [1.29, 1.82) is 0 Å². The maximum absolute atomic E-state index is 12.8. The SMILES string of the molecule is Cl.NC(=O)CNC(=O)c1ccc(CNC(=O)[C@@]23CCCC[C@H]2CNC3)cc1. The number of hydrogen-bond acceptors (Lipinski definition) is 4. The van der Waals surface area contributed by atoms with E-state index < -0.39 is 5.91 Å². The number of rotatable bonds is 6. The molecule has 2 aliphatic rings. The molecule has 148 valence electrons. The second kappa shape index (κ2) is 9.19. The molecule has 1 aromatic carbocycles. The lowest BCUT2D eigenvalue weighted by molar-refractivity contribution is -0.134. The zero-order valence-corrected chi connectivity index (χ0v) is 16.1. The summed E-state index contributed by atoms with van der Waals surface area (Å²) in [6, 6.07) is 6.97. The molecule has 8 heteroatoms. The summed E-state index contributed by atoms with van der Waals surface area (Å²) in [6.07, 6.45) is 4.40. The van der Waals surface area contributed by atoms with Gasteiger partial charge in [-0.15, -0.1) is 12.4 Å². The van der Waals surface area contributed by atoms with Crippen molar-refractivity contribution in [2.45, 2.75) is 32.2 Å². The van der Waals surface area contributed by atoms with Gasteiger partial charge in [0.05, 0.1) is 12.0 Å². The molecule has 3 rings (SSSR count). The Bertz CT molecular complexity index is 695. The molecule has 1 saturated carbocycles. The predicted molar refractivity (Wildman–Crippen MR) is 104 cm³/mol. The van der Waals surface area contributed by atoms with Crippen LogP contribution in [0.15, 0.2) is 24.3 Å². The van der Waals surface area contributed by atoms with E-state index in [2.05, 4.69) is 16.0 Å². The van der Waals surface area contributed by atoms with Crippen LogP contribution >= 0.6 is 12.4 Å². The molecule has 0 bridgehead atoms. The predicted octanol–water partition coefficient (Wildman–Crippen LogP) is 0.719. The fraction of sp³-hybridized carbons (Fsp3) is 0.526. The normalized spacial score (nSPS) is 23.6. The maximum atomic E-state index is 12.8. The van der Waals surface area contributed by atoms with E-state index in [1.54, 1.807) is 12.1 Å². The number of benzene rings is 1. The molecule has 0 unspecified atom stereocenters. The Kier molecular flexibility index (Phi) is 7.21. The van der Waals surface area contributed by atoms with Crippen LogP contribution in [-0.2, 0) is 16.1 Å². The van der Waals surface area contributed by atoms with Crippen molar-refractivity contribution in [3.8, 4) is 0 Å². The number of carbonyl (C=O) groups is 3. The number of carbonyl (C=O) groups excluding carboxylic acids is 3. The average Bonchev–Trinajstić information content (AvgIpc) is 3.10. The highest BCUT2D eigenvalue weighted by molar-refractivity contribution is 5.96. The molecule has 1 aliphatic carbocycles. The molecule has 5 N–H and O–H groups in total. The molecular formula is C19H27ClN4O3. The van der Waals surface area contributed by atoms with Gasteiger partial charge < -0.3 is 21.7 Å². The minimum atomic E-state index is -0.584. The van der Waals surface area contributed by atoms with Crippen molar-refractivity contribution in [2.24, 2.45) is 17.1 Å². The van der Waals surface area contributed by atoms with Crippen LogP contribution < -0.4 is 21.7 Å². The molecule has 1 aromatic rings. The molecule has 1 heterocycles. The number of amides is 3. The molecule has 7 nitrogen and oxygen atoms in total. The number of nitrogens with one attached hydrogen (secondary N) is 3. The molecule has 0 spiro atoms. The summed E-state index contributed by atoms with van der Waals surface area (Å²) < 4.78 is 0. The summed E-state index contributed by atoms with van der Waals surface area (Å²) in [5.41, 5.74) is 6.13. The van der Waals surface area contributed by atoms with Gasteiger partial charge in [0.2, 0.25) is 11.8 Å². The molecule has 0 radical (unpaired) electrons. The first-order valence-electron chi connectivity index (χ1n) is 9.16. The van der Waals surface area contributed by atoms with Gasteiger partial charge in [0.25, 0.3) is 5.91 Å². The standard InChI is InChI=1S/C19H26N4O3.ClH/c20-16(24)11-22-17(25)14-6-4-13(5-7-14)9-23-18(26)19-8-2-1-3-15(19)10-21-12-19;/h4-7,15,21H,1-3,8-12H2,(H2,20,24)(H,22,25)(H,23,26);1H/t15-,19+;/m0./s1. The third-order valence-electron chi connectivity index (χ3n) is 5.58. The minimum absolute atomic E-state index is 0. The summed E-state index contributed by atoms with van der Waals surface area (Å²) >= 11 is 0. The van der Waals surface area contributed by atoms with Crippen LogP contribution in [0.3, 0.4) is 0 Å². The van der Waals surface area contributed by atoms with Crippen LogP contribution in [0.25, 0.3) is 0 Å². The van der Waals surface area contributed by atoms with Gasteiger partial charge in [-0.05, 0) is 43.0 Å². The molecule has 3 amide bonds. The third-order valence-corrected chi connectivity index (χ3v) is 5.58. The fourth-order valence-electron chi connectivity index (χ4n) is 4.09. The van der Waals surface area contributed by atoms with Crippen molar-refractivity contribution in [1.82, 2.24) is 16.0 Å². The first-order valence-corrected chi connectivity index (χ1v) is 9.16. The Morgan fingerprint density at radius 2 is 1.89 bits per heavy atom. The average molecular weight is 395 g/mol. The van der Waals surface area contributed by atoms with Crippen LogP contribution in [0, 0.1) is 11.3 Å². The van der Waals surface area contributed by atoms with Crippen LogP contribution in [0.5, 0.6) is 0 Å². The molecule has 2 fully saturated rings. The zero-order valence-electron chi connectivity index (χ0n) is 15.3. The van der Waals surface area contributed by atoms with E-state index in [9.17, 15) is 14.4 Å². The largest absolute Gasteiger partial charge is 0.368 e. The molecule has 1 aliphatic heterocycles. The van der Waals surface area contributed by atoms with Gasteiger partial charge >= 0.3 is 0 Å². The Balaban J connectivity index is 0.00000261. The van der Waals surface area contributed by atoms with Crippen molar-refractivity contribution >= 4 is 30.1 Å². The molecule has 1 saturated heterocycles. The summed E-state index contributed by atoms with van der Waals surface area (Å²) in [6.45, 7) is 1.95. The molecule has 2 atom stereocenters. The van der Waals surface area contributed by atoms with Gasteiger partial charge in [-0.25, -0.2) is 0 Å². The second-order valence-electron chi connectivity index (χ2n) is 7.26. The Morgan fingerprint density at radius 3 is 2.59 bits per heavy atom. The maximum Gasteiger partial charge on any atom is 0.251 e. The quantitative estimate of drug-likeness (QED) is 0.569. The van der Waals surface area contributed by atoms with Crippen molar-refractivity contribution in [3.05, 3.63) is 35.4 Å². The lowest BCUT2D eigenvalue weighted by Gasteiger charge is -2.37. The summed E-state index contributed by atoms with van der Waals surface area (Å²) in [7, 11) is 0. The van der Waals surface area contributed by atoms with Crippen molar-refractivity contribution < 1.29 is 14.4 Å². The Morgan fingerprint density at radius 1 is 1.15 bits per heavy atom. The summed E-state index contributed by atoms with van der Waals surface area (Å²) in [4.78, 5) is 35.4. The summed E-state index contributed by atoms with van der Waals surface area (Å²) in [5.74, 6) is -0.358. The van der Waals surface area contributed by atoms with Crippen LogP contribution in [0.4, 0.5) is 0 Å². The topological polar surface area (TPSA) is 113 Å². The van der Waals surface area contributed by atoms with E-state index in [-0.39, 0.29) is 36.2 Å². The number of primary amides is 1. The van der Waals surface area contributed by atoms with Gasteiger partial charge in [0, 0.05) is 18.7 Å². The minimum Gasteiger partial charge on any atom is -0.368 e. The van der Waals surface area contributed by atoms with E-state index in [0.717, 1.165) is 37.9 Å². The fourth-order valence-corrected chi connectivity index (χ4v) is 4.09. The van der Waals surface area contributed by atoms with Gasteiger partial charge in [-0.2, -0.15) is 0 Å². The smallest absolute Gasteiger partial charge is 0.251 e. The highest BCUT2D eigenvalue weighted by Gasteiger charge is 2.49. The van der Waals surface area contributed by atoms with Gasteiger partial charge in [0.15, 0.2) is 0 Å². The summed E-state index contributed by atoms with van der Waals surface area (Å²) in [5, 5.41) is 8.91. The van der Waals surface area contributed by atoms with E-state index in [4.69, 9.17) is 5.73 Å². The zero-order chi connectivity index (χ0) is 18.6. The lowest BCUT2D eigenvalue weighted by Crippen LogP contribution is -2.47. The number of nitrogens with two attached hydrogens (primary N) is 1. The van der Waals surface area contributed by atoms with E-state index >= 15 is 0 Å². The van der Waals surface area contributed by atoms with E-state index in [0.29, 0.717) is 18.0 Å². The first kappa shape index (κ1) is 21.2. The molecular weight excluding hydrogens is 368 g/mol. The van der Waals surface area contributed by atoms with Gasteiger partial charge in [0.1, 0.15) is 0 Å². The third kappa shape index (κ3) is 4.78. The van der Waals surface area contributed by atoms with Crippen molar-refractivity contribution in [2.75, 3.05) is 19.6 Å². The van der Waals surface area contributed by atoms with Crippen LogP contribution in [0.2, 0.25) is 0 Å². The lowest BCUT2D eigenvalue weighted by atomic mass is 9.67. The number of fused-ring (bicyclic) bond motifs is 1. The molecule has 0 aromatic heterocycles. The van der Waals surface area contributed by atoms with Gasteiger partial charge in [-0.3, -0.25) is 14.4 Å². The molecule has 27 heavy (non-hydrogen) atoms. The first-order chi connectivity index (χ1) is 12.5. The monoisotopic (exact) mass is 394 g/mol. The Hall–Kier alpha value is -2.12. The highest BCUT2D eigenvalue weighted by Crippen LogP contribution is 2.43. The second-order valence-corrected chi connectivity index (χ2v) is 7.26.